The third-order valence-electron chi connectivity index (χ3n) is 3.68. The largest absolute Gasteiger partial charge is 0.417 e. The number of pyridine rings is 1. The Labute approximate surface area is 145 Å². The van der Waals surface area contributed by atoms with Crippen molar-refractivity contribution in [1.82, 2.24) is 10.1 Å². The summed E-state index contributed by atoms with van der Waals surface area (Å²) in [5.41, 5.74) is 5.67. The van der Waals surface area contributed by atoms with Crippen LogP contribution in [0.5, 0.6) is 0 Å². The fourth-order valence-electron chi connectivity index (χ4n) is 2.43. The molecule has 2 heterocycles. The summed E-state index contributed by atoms with van der Waals surface area (Å²) in [7, 11) is 0. The molecule has 2 aromatic heterocycles. The molecule has 0 radical (unpaired) electrons. The molecule has 0 saturated carbocycles. The number of nitrogens with zero attached hydrogens (tertiary/aromatic N) is 2. The van der Waals surface area contributed by atoms with Gasteiger partial charge in [-0.1, -0.05) is 23.4 Å². The smallest absolute Gasteiger partial charge is 0.383 e. The highest BCUT2D eigenvalue weighted by molar-refractivity contribution is 6.04. The van der Waals surface area contributed by atoms with Gasteiger partial charge in [0.05, 0.1) is 11.3 Å². The molecule has 0 bridgehead atoms. The summed E-state index contributed by atoms with van der Waals surface area (Å²) in [4.78, 5) is 16.1. The number of nitrogens with one attached hydrogen (secondary N) is 1. The molecule has 3 aromatic rings. The molecule has 9 heteroatoms. The van der Waals surface area contributed by atoms with Crippen molar-refractivity contribution in [3.8, 4) is 11.1 Å². The highest BCUT2D eigenvalue weighted by Crippen LogP contribution is 2.38. The fourth-order valence-corrected chi connectivity index (χ4v) is 2.43. The number of anilines is 2. The number of halogens is 3. The van der Waals surface area contributed by atoms with Gasteiger partial charge < -0.3 is 15.6 Å². The Kier molecular flexibility index (Phi) is 4.37. The van der Waals surface area contributed by atoms with E-state index in [-0.39, 0.29) is 28.3 Å². The molecule has 1 amide bonds. The Hall–Kier alpha value is -3.36. The molecular formula is C17H13F3N4O2. The summed E-state index contributed by atoms with van der Waals surface area (Å²) < 4.78 is 44.2. The van der Waals surface area contributed by atoms with Crippen LogP contribution in [-0.4, -0.2) is 16.0 Å². The molecular weight excluding hydrogens is 349 g/mol. The molecule has 134 valence electrons. The van der Waals surface area contributed by atoms with Gasteiger partial charge in [-0.25, -0.2) is 4.98 Å². The van der Waals surface area contributed by atoms with Gasteiger partial charge in [-0.3, -0.25) is 4.79 Å². The first-order chi connectivity index (χ1) is 12.3. The number of hydrogen-bond donors (Lipinski definition) is 2. The van der Waals surface area contributed by atoms with Gasteiger partial charge >= 0.3 is 6.18 Å². The van der Waals surface area contributed by atoms with E-state index < -0.39 is 17.6 Å². The van der Waals surface area contributed by atoms with Crippen molar-refractivity contribution in [2.75, 3.05) is 11.1 Å². The maximum Gasteiger partial charge on any atom is 0.417 e. The number of nitrogens with two attached hydrogens (primary N) is 1. The minimum absolute atomic E-state index is 0.0854. The number of nitrogen functional groups attached to an aromatic ring is 1. The molecule has 0 atom stereocenters. The second kappa shape index (κ2) is 6.51. The van der Waals surface area contributed by atoms with Crippen molar-refractivity contribution in [3.05, 3.63) is 59.5 Å². The van der Waals surface area contributed by atoms with Gasteiger partial charge in [0, 0.05) is 5.56 Å². The van der Waals surface area contributed by atoms with E-state index in [9.17, 15) is 18.0 Å². The minimum Gasteiger partial charge on any atom is -0.383 e. The van der Waals surface area contributed by atoms with Crippen molar-refractivity contribution < 1.29 is 22.5 Å². The number of aryl methyl sites for hydroxylation is 1. The zero-order valence-electron chi connectivity index (χ0n) is 13.5. The molecule has 0 aliphatic carbocycles. The molecule has 0 aliphatic rings. The predicted molar refractivity (Wildman–Crippen MR) is 88.3 cm³/mol. The van der Waals surface area contributed by atoms with E-state index >= 15 is 0 Å². The minimum atomic E-state index is -4.53. The topological polar surface area (TPSA) is 94.0 Å². The van der Waals surface area contributed by atoms with Crippen LogP contribution in [-0.2, 0) is 6.18 Å². The lowest BCUT2D eigenvalue weighted by Crippen LogP contribution is -2.14. The van der Waals surface area contributed by atoms with Gasteiger partial charge in [-0.2, -0.15) is 13.2 Å². The van der Waals surface area contributed by atoms with Gasteiger partial charge in [0.15, 0.2) is 0 Å². The number of alkyl halides is 3. The first kappa shape index (κ1) is 17.5. The van der Waals surface area contributed by atoms with Gasteiger partial charge in [-0.05, 0) is 30.7 Å². The Morgan fingerprint density at radius 2 is 1.88 bits per heavy atom. The summed E-state index contributed by atoms with van der Waals surface area (Å²) >= 11 is 0. The van der Waals surface area contributed by atoms with Crippen LogP contribution in [0.1, 0.15) is 21.6 Å². The number of aromatic nitrogens is 2. The van der Waals surface area contributed by atoms with E-state index in [1.807, 2.05) is 0 Å². The van der Waals surface area contributed by atoms with Crippen LogP contribution in [0.4, 0.5) is 24.8 Å². The van der Waals surface area contributed by atoms with E-state index in [2.05, 4.69) is 20.0 Å². The van der Waals surface area contributed by atoms with Crippen LogP contribution >= 0.6 is 0 Å². The maximum absolute atomic E-state index is 13.2. The van der Waals surface area contributed by atoms with Crippen LogP contribution in [0.15, 0.2) is 47.2 Å². The number of benzene rings is 1. The lowest BCUT2D eigenvalue weighted by Gasteiger charge is -2.14. The van der Waals surface area contributed by atoms with Crippen molar-refractivity contribution in [1.29, 1.82) is 0 Å². The second-order valence-electron chi connectivity index (χ2n) is 5.44. The van der Waals surface area contributed by atoms with E-state index in [1.165, 1.54) is 36.6 Å². The Balaban J connectivity index is 1.92. The van der Waals surface area contributed by atoms with Crippen LogP contribution in [0.25, 0.3) is 11.1 Å². The normalized spacial score (nSPS) is 11.4. The van der Waals surface area contributed by atoms with Gasteiger partial charge in [0.1, 0.15) is 23.5 Å². The Bertz CT molecular complexity index is 967. The quantitative estimate of drug-likeness (QED) is 0.737. The van der Waals surface area contributed by atoms with Crippen LogP contribution in [0.2, 0.25) is 0 Å². The third kappa shape index (κ3) is 3.37. The number of hydrogen-bond acceptors (Lipinski definition) is 5. The van der Waals surface area contributed by atoms with Gasteiger partial charge in [0.2, 0.25) is 0 Å². The zero-order valence-corrected chi connectivity index (χ0v) is 13.5. The maximum atomic E-state index is 13.2. The SMILES string of the molecule is Cc1nocc1C(=O)Nc1ccc(-c2ccccc2C(F)(F)F)c(N)n1. The number of carbonyl (C=O) groups excluding carboxylic acids is 1. The average molecular weight is 362 g/mol. The molecule has 0 fully saturated rings. The monoisotopic (exact) mass is 362 g/mol. The highest BCUT2D eigenvalue weighted by atomic mass is 19.4. The fraction of sp³-hybridized carbons (Fsp3) is 0.118. The number of amides is 1. The lowest BCUT2D eigenvalue weighted by molar-refractivity contribution is -0.137. The van der Waals surface area contributed by atoms with Gasteiger partial charge in [-0.15, -0.1) is 0 Å². The lowest BCUT2D eigenvalue weighted by atomic mass is 10.00. The first-order valence-electron chi connectivity index (χ1n) is 7.43. The number of carbonyl (C=O) groups is 1. The van der Waals surface area contributed by atoms with Crippen molar-refractivity contribution in [3.63, 3.8) is 0 Å². The summed E-state index contributed by atoms with van der Waals surface area (Å²) in [5, 5.41) is 6.09. The molecule has 0 saturated heterocycles. The Morgan fingerprint density at radius 3 is 2.50 bits per heavy atom. The molecule has 3 N–H and O–H groups in total. The van der Waals surface area contributed by atoms with Crippen LogP contribution < -0.4 is 11.1 Å². The van der Waals surface area contributed by atoms with E-state index in [0.29, 0.717) is 5.69 Å². The molecule has 1 aromatic carbocycles. The van der Waals surface area contributed by atoms with Crippen LogP contribution in [0.3, 0.4) is 0 Å². The molecule has 0 unspecified atom stereocenters. The summed E-state index contributed by atoms with van der Waals surface area (Å²) in [6.45, 7) is 1.59. The summed E-state index contributed by atoms with van der Waals surface area (Å²) in [6.07, 6.45) is -3.34. The molecule has 0 spiro atoms. The number of rotatable bonds is 3. The zero-order chi connectivity index (χ0) is 18.9. The molecule has 0 aliphatic heterocycles. The van der Waals surface area contributed by atoms with Crippen molar-refractivity contribution in [2.45, 2.75) is 13.1 Å². The predicted octanol–water partition coefficient (Wildman–Crippen LogP) is 3.90. The second-order valence-corrected chi connectivity index (χ2v) is 5.44. The van der Waals surface area contributed by atoms with E-state index in [4.69, 9.17) is 5.73 Å². The average Bonchev–Trinajstić information content (AvgIpc) is 3.00. The van der Waals surface area contributed by atoms with E-state index in [0.717, 1.165) is 6.07 Å². The molecule has 3 rings (SSSR count). The highest BCUT2D eigenvalue weighted by Gasteiger charge is 2.33. The summed E-state index contributed by atoms with van der Waals surface area (Å²) in [6, 6.07) is 7.82. The Morgan fingerprint density at radius 1 is 1.15 bits per heavy atom. The van der Waals surface area contributed by atoms with Crippen molar-refractivity contribution >= 4 is 17.5 Å². The first-order valence-corrected chi connectivity index (χ1v) is 7.43. The van der Waals surface area contributed by atoms with E-state index in [1.54, 1.807) is 6.92 Å². The molecule has 6 nitrogen and oxygen atoms in total. The van der Waals surface area contributed by atoms with Crippen LogP contribution in [0, 0.1) is 6.92 Å². The third-order valence-corrected chi connectivity index (χ3v) is 3.68. The summed E-state index contributed by atoms with van der Waals surface area (Å²) in [5.74, 6) is -0.554. The standard InChI is InChI=1S/C17H13F3N4O2/c1-9-12(8-26-24-9)16(25)23-14-7-6-11(15(21)22-14)10-4-2-3-5-13(10)17(18,19)20/h2-8H,1H3,(H3,21,22,23,25). The molecule has 26 heavy (non-hydrogen) atoms. The van der Waals surface area contributed by atoms with Gasteiger partial charge in [0.25, 0.3) is 5.91 Å². The van der Waals surface area contributed by atoms with Crippen molar-refractivity contribution in [2.24, 2.45) is 0 Å².